The first kappa shape index (κ1) is 16.0. The van der Waals surface area contributed by atoms with Crippen molar-refractivity contribution in [2.45, 2.75) is 45.9 Å². The number of aromatic nitrogens is 5. The van der Waals surface area contributed by atoms with Gasteiger partial charge in [-0.3, -0.25) is 4.79 Å². The summed E-state index contributed by atoms with van der Waals surface area (Å²) >= 11 is 0. The second-order valence-corrected chi connectivity index (χ2v) is 6.27. The van der Waals surface area contributed by atoms with Gasteiger partial charge in [0.15, 0.2) is 11.6 Å². The molecule has 0 radical (unpaired) electrons. The molecule has 0 bridgehead atoms. The van der Waals surface area contributed by atoms with Crippen LogP contribution in [-0.4, -0.2) is 31.2 Å². The number of fused-ring (bicyclic) bond motifs is 2. The van der Waals surface area contributed by atoms with Crippen LogP contribution in [0, 0.1) is 0 Å². The van der Waals surface area contributed by atoms with Crippen LogP contribution >= 0.6 is 0 Å². The molecule has 130 valence electrons. The minimum absolute atomic E-state index is 0.0443. The molecule has 0 saturated carbocycles. The van der Waals surface area contributed by atoms with Crippen LogP contribution in [-0.2, 0) is 24.4 Å². The van der Waals surface area contributed by atoms with Crippen LogP contribution < -0.4 is 5.56 Å². The predicted molar refractivity (Wildman–Crippen MR) is 94.2 cm³/mol. The first-order valence-electron chi connectivity index (χ1n) is 8.79. The Morgan fingerprint density at radius 3 is 2.84 bits per heavy atom. The molecule has 7 nitrogen and oxygen atoms in total. The van der Waals surface area contributed by atoms with Gasteiger partial charge in [-0.05, 0) is 12.5 Å². The summed E-state index contributed by atoms with van der Waals surface area (Å²) in [5.41, 5.74) is 0.671. The maximum Gasteiger partial charge on any atom is 0.274 e. The van der Waals surface area contributed by atoms with Crippen LogP contribution in [0.1, 0.15) is 32.0 Å². The van der Waals surface area contributed by atoms with Crippen LogP contribution in [0.5, 0.6) is 0 Å². The van der Waals surface area contributed by atoms with Gasteiger partial charge in [-0.25, -0.2) is 4.68 Å². The van der Waals surface area contributed by atoms with Gasteiger partial charge in [-0.1, -0.05) is 38.0 Å². The number of ether oxygens (including phenoxy) is 1. The number of unbranched alkanes of at least 4 members (excludes halogenated alkanes) is 2. The van der Waals surface area contributed by atoms with E-state index < -0.39 is 0 Å². The van der Waals surface area contributed by atoms with Gasteiger partial charge in [-0.2, -0.15) is 5.10 Å². The van der Waals surface area contributed by atoms with Crippen molar-refractivity contribution in [2.75, 3.05) is 6.61 Å². The van der Waals surface area contributed by atoms with Crippen molar-refractivity contribution >= 4 is 10.8 Å². The number of rotatable bonds is 5. The second-order valence-electron chi connectivity index (χ2n) is 6.27. The fourth-order valence-electron chi connectivity index (χ4n) is 3.23. The largest absolute Gasteiger partial charge is 0.372 e. The Bertz CT molecular complexity index is 960. The molecule has 1 aliphatic rings. The fourth-order valence-corrected chi connectivity index (χ4v) is 3.23. The Hall–Kier alpha value is -2.54. The molecule has 0 aliphatic carbocycles. The minimum atomic E-state index is -0.0443. The standard InChI is InChI=1S/C18H21N5O2/c1-2-3-6-9-23-18(24)14-8-5-4-7-13(14)16(21-23)17-20-19-15-12-25-11-10-22(15)17/h4-5,7-8H,2-3,6,9-12H2,1H3. The minimum Gasteiger partial charge on any atom is -0.372 e. The lowest BCUT2D eigenvalue weighted by molar-refractivity contribution is 0.0820. The molecular formula is C18H21N5O2. The van der Waals surface area contributed by atoms with Crippen LogP contribution in [0.25, 0.3) is 22.3 Å². The van der Waals surface area contributed by atoms with E-state index in [4.69, 9.17) is 4.74 Å². The lowest BCUT2D eigenvalue weighted by Gasteiger charge is -2.16. The highest BCUT2D eigenvalue weighted by atomic mass is 16.5. The van der Waals surface area contributed by atoms with Gasteiger partial charge in [-0.15, -0.1) is 10.2 Å². The fraction of sp³-hybridized carbons (Fsp3) is 0.444. The molecule has 25 heavy (non-hydrogen) atoms. The van der Waals surface area contributed by atoms with E-state index >= 15 is 0 Å². The molecule has 0 saturated heterocycles. The zero-order chi connectivity index (χ0) is 17.2. The highest BCUT2D eigenvalue weighted by Crippen LogP contribution is 2.25. The zero-order valence-electron chi connectivity index (χ0n) is 14.3. The van der Waals surface area contributed by atoms with Crippen LogP contribution in [0.4, 0.5) is 0 Å². The molecule has 3 aromatic rings. The zero-order valence-corrected chi connectivity index (χ0v) is 14.3. The van der Waals surface area contributed by atoms with Gasteiger partial charge >= 0.3 is 0 Å². The van der Waals surface area contributed by atoms with Crippen LogP contribution in [0.3, 0.4) is 0 Å². The summed E-state index contributed by atoms with van der Waals surface area (Å²) in [7, 11) is 0. The molecule has 3 heterocycles. The van der Waals surface area contributed by atoms with E-state index in [9.17, 15) is 4.79 Å². The first-order chi connectivity index (χ1) is 12.3. The summed E-state index contributed by atoms with van der Waals surface area (Å²) < 4.78 is 9.06. The van der Waals surface area contributed by atoms with E-state index in [1.54, 1.807) is 4.68 Å². The number of nitrogens with zero attached hydrogens (tertiary/aromatic N) is 5. The quantitative estimate of drug-likeness (QED) is 0.667. The van der Waals surface area contributed by atoms with Gasteiger partial charge in [0, 0.05) is 18.5 Å². The van der Waals surface area contributed by atoms with E-state index in [-0.39, 0.29) is 5.56 Å². The first-order valence-corrected chi connectivity index (χ1v) is 8.79. The van der Waals surface area contributed by atoms with Crippen molar-refractivity contribution in [1.82, 2.24) is 24.5 Å². The SMILES string of the molecule is CCCCCn1nc(-c2nnc3n2CCOC3)c2ccccc2c1=O. The molecule has 2 aromatic heterocycles. The van der Waals surface area contributed by atoms with Gasteiger partial charge in [0.05, 0.1) is 12.0 Å². The third kappa shape index (κ3) is 2.84. The Morgan fingerprint density at radius 1 is 1.16 bits per heavy atom. The Balaban J connectivity index is 1.89. The summed E-state index contributed by atoms with van der Waals surface area (Å²) in [6, 6.07) is 7.59. The topological polar surface area (TPSA) is 74.8 Å². The molecule has 0 spiro atoms. The molecular weight excluding hydrogens is 318 g/mol. The van der Waals surface area contributed by atoms with Gasteiger partial charge in [0.25, 0.3) is 5.56 Å². The smallest absolute Gasteiger partial charge is 0.274 e. The van der Waals surface area contributed by atoms with Crippen molar-refractivity contribution in [1.29, 1.82) is 0 Å². The monoisotopic (exact) mass is 339 g/mol. The maximum absolute atomic E-state index is 12.8. The van der Waals surface area contributed by atoms with E-state index in [0.29, 0.717) is 43.2 Å². The van der Waals surface area contributed by atoms with E-state index in [0.717, 1.165) is 30.5 Å². The molecule has 7 heteroatoms. The molecule has 0 atom stereocenters. The molecule has 0 unspecified atom stereocenters. The summed E-state index contributed by atoms with van der Waals surface area (Å²) in [5.74, 6) is 1.51. The average molecular weight is 339 g/mol. The maximum atomic E-state index is 12.8. The second kappa shape index (κ2) is 6.76. The van der Waals surface area contributed by atoms with Crippen LogP contribution in [0.2, 0.25) is 0 Å². The van der Waals surface area contributed by atoms with Crippen molar-refractivity contribution in [3.8, 4) is 11.5 Å². The summed E-state index contributed by atoms with van der Waals surface area (Å²) in [6.07, 6.45) is 3.12. The third-order valence-corrected chi connectivity index (χ3v) is 4.57. The third-order valence-electron chi connectivity index (χ3n) is 4.57. The summed E-state index contributed by atoms with van der Waals surface area (Å²) in [5, 5.41) is 14.7. The summed E-state index contributed by atoms with van der Waals surface area (Å²) in [4.78, 5) is 12.8. The highest BCUT2D eigenvalue weighted by molar-refractivity contribution is 5.92. The Morgan fingerprint density at radius 2 is 2.00 bits per heavy atom. The number of aryl methyl sites for hydroxylation is 1. The number of hydrogen-bond donors (Lipinski definition) is 0. The van der Waals surface area contributed by atoms with Crippen molar-refractivity contribution < 1.29 is 4.74 Å². The summed E-state index contributed by atoms with van der Waals surface area (Å²) in [6.45, 7) is 4.55. The van der Waals surface area contributed by atoms with Crippen molar-refractivity contribution in [3.63, 3.8) is 0 Å². The lowest BCUT2D eigenvalue weighted by atomic mass is 10.1. The van der Waals surface area contributed by atoms with Gasteiger partial charge in [0.1, 0.15) is 12.3 Å². The van der Waals surface area contributed by atoms with Crippen LogP contribution in [0.15, 0.2) is 29.1 Å². The molecule has 0 N–H and O–H groups in total. The van der Waals surface area contributed by atoms with Crippen molar-refractivity contribution in [2.24, 2.45) is 0 Å². The number of hydrogen-bond acceptors (Lipinski definition) is 5. The van der Waals surface area contributed by atoms with E-state index in [2.05, 4.69) is 22.2 Å². The molecule has 1 aliphatic heterocycles. The van der Waals surface area contributed by atoms with Gasteiger partial charge in [0.2, 0.25) is 0 Å². The molecule has 0 fully saturated rings. The molecule has 1 aromatic carbocycles. The molecule has 0 amide bonds. The van der Waals surface area contributed by atoms with E-state index in [1.165, 1.54) is 0 Å². The Labute approximate surface area is 145 Å². The normalized spacial score (nSPS) is 14.0. The lowest BCUT2D eigenvalue weighted by Crippen LogP contribution is -2.25. The molecule has 4 rings (SSSR count). The van der Waals surface area contributed by atoms with Gasteiger partial charge < -0.3 is 9.30 Å². The Kier molecular flexibility index (Phi) is 4.31. The predicted octanol–water partition coefficient (Wildman–Crippen LogP) is 2.38. The highest BCUT2D eigenvalue weighted by Gasteiger charge is 2.21. The van der Waals surface area contributed by atoms with Crippen molar-refractivity contribution in [3.05, 3.63) is 40.4 Å². The number of benzene rings is 1. The average Bonchev–Trinajstić information content (AvgIpc) is 3.08. The van der Waals surface area contributed by atoms with E-state index in [1.807, 2.05) is 28.8 Å².